The van der Waals surface area contributed by atoms with E-state index in [4.69, 9.17) is 16.3 Å². The van der Waals surface area contributed by atoms with Gasteiger partial charge in [-0.3, -0.25) is 9.69 Å². The molecule has 0 aliphatic carbocycles. The number of carbonyl (C=O) groups is 2. The van der Waals surface area contributed by atoms with Crippen molar-refractivity contribution in [2.24, 2.45) is 15.4 Å². The Bertz CT molecular complexity index is 1390. The molecule has 2 saturated heterocycles. The minimum absolute atomic E-state index is 0.291. The van der Waals surface area contributed by atoms with E-state index in [0.29, 0.717) is 39.1 Å². The van der Waals surface area contributed by atoms with Gasteiger partial charge in [-0.1, -0.05) is 24.8 Å². The summed E-state index contributed by atoms with van der Waals surface area (Å²) in [5, 5.41) is 12.5. The second kappa shape index (κ2) is 14.0. The van der Waals surface area contributed by atoms with Crippen molar-refractivity contribution in [3.05, 3.63) is 66.5 Å². The van der Waals surface area contributed by atoms with E-state index in [1.54, 1.807) is 18.2 Å². The van der Waals surface area contributed by atoms with Gasteiger partial charge in [0.15, 0.2) is 0 Å². The predicted molar refractivity (Wildman–Crippen MR) is 171 cm³/mol. The molecular weight excluding hydrogens is 556 g/mol. The van der Waals surface area contributed by atoms with Crippen LogP contribution in [-0.4, -0.2) is 69.9 Å². The van der Waals surface area contributed by atoms with Gasteiger partial charge >= 0.3 is 6.03 Å². The maximum absolute atomic E-state index is 12.5. The molecule has 12 heteroatoms. The number of hydrogen-bond acceptors (Lipinski definition) is 7. The molecule has 1 spiro atoms. The van der Waals surface area contributed by atoms with Gasteiger partial charge in [0.05, 0.1) is 29.2 Å². The summed E-state index contributed by atoms with van der Waals surface area (Å²) < 4.78 is 5.17. The fourth-order valence-corrected chi connectivity index (χ4v) is 5.21. The van der Waals surface area contributed by atoms with Crippen LogP contribution in [0.5, 0.6) is 5.75 Å². The monoisotopic (exact) mass is 592 g/mol. The Balaban J connectivity index is 1.37. The minimum Gasteiger partial charge on any atom is -0.497 e. The average Bonchev–Trinajstić information content (AvgIpc) is 3.40. The standard InChI is InChI=1S/C30H37ClN8O3/c1-5-28(40)36-27-16-22(39-15-12-30(18-39)10-13-32-14-11-30)6-9-25(27)35-21(2)34-19-33-20-38(3)29(41)37-26-17-23(42-4)7-8-24(26)31/h5-9,16-17,19-20,32,35H,1-2,10-15,18H2,3-4H3,(H,36,40)(H,37,41). The van der Waals surface area contributed by atoms with Crippen LogP contribution in [0.2, 0.25) is 5.02 Å². The quantitative estimate of drug-likeness (QED) is 0.172. The number of carbonyl (C=O) groups excluding carboxylic acids is 2. The maximum atomic E-state index is 12.5. The largest absolute Gasteiger partial charge is 0.497 e. The first-order valence-electron chi connectivity index (χ1n) is 13.6. The first-order valence-corrected chi connectivity index (χ1v) is 14.0. The normalized spacial score (nSPS) is 16.0. The molecule has 2 aliphatic rings. The number of aliphatic imine (C=N–C) groups is 2. The third kappa shape index (κ3) is 7.89. The second-order valence-corrected chi connectivity index (χ2v) is 10.7. The molecule has 0 saturated carbocycles. The fourth-order valence-electron chi connectivity index (χ4n) is 5.05. The fraction of sp³-hybridized carbons (Fsp3) is 0.333. The summed E-state index contributed by atoms with van der Waals surface area (Å²) in [5.74, 6) is 0.536. The number of urea groups is 1. The highest BCUT2D eigenvalue weighted by Crippen LogP contribution is 2.41. The molecule has 3 amide bonds. The van der Waals surface area contributed by atoms with Crippen LogP contribution in [0.25, 0.3) is 0 Å². The molecule has 0 atom stereocenters. The van der Waals surface area contributed by atoms with Crippen molar-refractivity contribution in [1.29, 1.82) is 0 Å². The summed E-state index contributed by atoms with van der Waals surface area (Å²) in [6.07, 6.45) is 7.32. The number of piperidine rings is 1. The molecule has 4 N–H and O–H groups in total. The van der Waals surface area contributed by atoms with Crippen LogP contribution in [-0.2, 0) is 4.79 Å². The van der Waals surface area contributed by atoms with Crippen LogP contribution in [0.1, 0.15) is 19.3 Å². The Morgan fingerprint density at radius 3 is 2.62 bits per heavy atom. The molecule has 2 heterocycles. The number of benzene rings is 2. The van der Waals surface area contributed by atoms with Crippen molar-refractivity contribution in [3.8, 4) is 5.75 Å². The Morgan fingerprint density at radius 1 is 1.10 bits per heavy atom. The van der Waals surface area contributed by atoms with Crippen molar-refractivity contribution in [3.63, 3.8) is 0 Å². The van der Waals surface area contributed by atoms with E-state index in [2.05, 4.69) is 49.3 Å². The number of nitrogens with one attached hydrogen (secondary N) is 4. The van der Waals surface area contributed by atoms with Crippen molar-refractivity contribution in [1.82, 2.24) is 10.2 Å². The Labute approximate surface area is 251 Å². The number of nitrogens with zero attached hydrogens (tertiary/aromatic N) is 4. The molecule has 4 rings (SSSR count). The van der Waals surface area contributed by atoms with Crippen molar-refractivity contribution >= 4 is 59.0 Å². The maximum Gasteiger partial charge on any atom is 0.326 e. The van der Waals surface area contributed by atoms with E-state index in [9.17, 15) is 9.59 Å². The third-order valence-electron chi connectivity index (χ3n) is 7.45. The zero-order valence-electron chi connectivity index (χ0n) is 24.0. The highest BCUT2D eigenvalue weighted by molar-refractivity contribution is 6.33. The molecule has 0 radical (unpaired) electrons. The third-order valence-corrected chi connectivity index (χ3v) is 7.78. The van der Waals surface area contributed by atoms with Crippen LogP contribution >= 0.6 is 11.6 Å². The van der Waals surface area contributed by atoms with Gasteiger partial charge in [0, 0.05) is 31.9 Å². The minimum atomic E-state index is -0.453. The van der Waals surface area contributed by atoms with Crippen LogP contribution in [0.3, 0.4) is 0 Å². The van der Waals surface area contributed by atoms with Crippen LogP contribution < -0.4 is 30.9 Å². The summed E-state index contributed by atoms with van der Waals surface area (Å²) in [4.78, 5) is 36.6. The Hall–Kier alpha value is -4.35. The molecular formula is C30H37ClN8O3. The first kappa shape index (κ1) is 30.6. The topological polar surface area (TPSA) is 123 Å². The summed E-state index contributed by atoms with van der Waals surface area (Å²) in [6.45, 7) is 11.6. The van der Waals surface area contributed by atoms with Gasteiger partial charge in [-0.05, 0) is 74.2 Å². The number of halogens is 1. The molecule has 42 heavy (non-hydrogen) atoms. The SMILES string of the molecule is C=CC(=O)Nc1cc(N2CCC3(CCNCC3)C2)ccc1NC(=C)N=CN=CN(C)C(=O)Nc1cc(OC)ccc1Cl. The summed E-state index contributed by atoms with van der Waals surface area (Å²) >= 11 is 6.16. The smallest absolute Gasteiger partial charge is 0.326 e. The number of amides is 3. The number of hydrogen-bond donors (Lipinski definition) is 4. The van der Waals surface area contributed by atoms with Gasteiger partial charge in [-0.2, -0.15) is 0 Å². The molecule has 0 bridgehead atoms. The first-order chi connectivity index (χ1) is 20.2. The molecule has 2 aromatic carbocycles. The number of anilines is 4. The van der Waals surface area contributed by atoms with Gasteiger partial charge in [-0.25, -0.2) is 14.8 Å². The van der Waals surface area contributed by atoms with Crippen molar-refractivity contribution < 1.29 is 14.3 Å². The Kier molecular flexibility index (Phi) is 10.2. The van der Waals surface area contributed by atoms with E-state index in [-0.39, 0.29) is 5.91 Å². The molecule has 222 valence electrons. The molecule has 2 fully saturated rings. The summed E-state index contributed by atoms with van der Waals surface area (Å²) in [5.41, 5.74) is 3.03. The summed E-state index contributed by atoms with van der Waals surface area (Å²) in [7, 11) is 3.07. The predicted octanol–water partition coefficient (Wildman–Crippen LogP) is 5.16. The second-order valence-electron chi connectivity index (χ2n) is 10.3. The number of ether oxygens (including phenoxy) is 1. The lowest BCUT2D eigenvalue weighted by Gasteiger charge is -2.34. The Morgan fingerprint density at radius 2 is 1.88 bits per heavy atom. The molecule has 2 aromatic rings. The van der Waals surface area contributed by atoms with E-state index in [1.807, 2.05) is 18.2 Å². The number of rotatable bonds is 10. The molecule has 11 nitrogen and oxygen atoms in total. The van der Waals surface area contributed by atoms with E-state index in [0.717, 1.165) is 31.9 Å². The van der Waals surface area contributed by atoms with Gasteiger partial charge in [0.1, 0.15) is 24.2 Å². The van der Waals surface area contributed by atoms with Crippen molar-refractivity contribution in [2.45, 2.75) is 19.3 Å². The van der Waals surface area contributed by atoms with Gasteiger partial charge < -0.3 is 30.9 Å². The van der Waals surface area contributed by atoms with Gasteiger partial charge in [0.2, 0.25) is 5.91 Å². The summed E-state index contributed by atoms with van der Waals surface area (Å²) in [6, 6.07) is 10.4. The average molecular weight is 593 g/mol. The lowest BCUT2D eigenvalue weighted by atomic mass is 9.78. The lowest BCUT2D eigenvalue weighted by Crippen LogP contribution is -2.38. The van der Waals surface area contributed by atoms with Gasteiger partial charge in [0.25, 0.3) is 0 Å². The number of methoxy groups -OCH3 is 1. The highest BCUT2D eigenvalue weighted by atomic mass is 35.5. The van der Waals surface area contributed by atoms with Crippen molar-refractivity contribution in [2.75, 3.05) is 61.2 Å². The van der Waals surface area contributed by atoms with E-state index < -0.39 is 6.03 Å². The van der Waals surface area contributed by atoms with E-state index >= 15 is 0 Å². The lowest BCUT2D eigenvalue weighted by molar-refractivity contribution is -0.111. The zero-order chi connectivity index (χ0) is 30.1. The van der Waals surface area contributed by atoms with Gasteiger partial charge in [-0.15, -0.1) is 0 Å². The van der Waals surface area contributed by atoms with Crippen LogP contribution in [0.4, 0.5) is 27.5 Å². The zero-order valence-corrected chi connectivity index (χ0v) is 24.7. The highest BCUT2D eigenvalue weighted by Gasteiger charge is 2.39. The molecule has 0 aromatic heterocycles. The molecule has 0 unspecified atom stereocenters. The molecule has 2 aliphatic heterocycles. The van der Waals surface area contributed by atoms with Crippen LogP contribution in [0, 0.1) is 5.41 Å². The van der Waals surface area contributed by atoms with Crippen LogP contribution in [0.15, 0.2) is 71.4 Å². The van der Waals surface area contributed by atoms with E-state index in [1.165, 1.54) is 57.1 Å².